The van der Waals surface area contributed by atoms with Gasteiger partial charge < -0.3 is 14.4 Å². The smallest absolute Gasteiger partial charge is 0.416 e. The number of rotatable bonds is 6. The highest BCUT2D eigenvalue weighted by Crippen LogP contribution is 2.37. The summed E-state index contributed by atoms with van der Waals surface area (Å²) in [5.74, 6) is -0.587. The van der Waals surface area contributed by atoms with Crippen LogP contribution in [0.1, 0.15) is 66.2 Å². The molecule has 0 bridgehead atoms. The number of esters is 1. The maximum absolute atomic E-state index is 13.2. The Kier molecular flexibility index (Phi) is 7.74. The monoisotopic (exact) mass is 503 g/mol. The van der Waals surface area contributed by atoms with Crippen LogP contribution in [-0.4, -0.2) is 24.7 Å². The molecule has 0 N–H and O–H groups in total. The van der Waals surface area contributed by atoms with Gasteiger partial charge in [-0.05, 0) is 69.5 Å². The molecule has 4 nitrogen and oxygen atoms in total. The van der Waals surface area contributed by atoms with Gasteiger partial charge in [0, 0.05) is 24.3 Å². The van der Waals surface area contributed by atoms with Crippen LogP contribution >= 0.6 is 0 Å². The van der Waals surface area contributed by atoms with E-state index in [-0.39, 0.29) is 23.8 Å². The summed E-state index contributed by atoms with van der Waals surface area (Å²) in [5.41, 5.74) is -2.40. The molecule has 3 rings (SSSR count). The Bertz CT molecular complexity index is 1020. The zero-order valence-electron chi connectivity index (χ0n) is 19.6. The van der Waals surface area contributed by atoms with Gasteiger partial charge in [-0.25, -0.2) is 4.79 Å². The fourth-order valence-electron chi connectivity index (χ4n) is 3.88. The maximum atomic E-state index is 13.2. The van der Waals surface area contributed by atoms with Crippen LogP contribution in [0.2, 0.25) is 0 Å². The summed E-state index contributed by atoms with van der Waals surface area (Å²) in [6.45, 7) is 5.97. The van der Waals surface area contributed by atoms with Gasteiger partial charge in [-0.1, -0.05) is 6.07 Å². The number of ether oxygens (including phenoxy) is 2. The van der Waals surface area contributed by atoms with Crippen LogP contribution < -0.4 is 4.90 Å². The van der Waals surface area contributed by atoms with Gasteiger partial charge in [0.25, 0.3) is 0 Å². The molecule has 0 amide bonds. The number of alkyl halides is 6. The van der Waals surface area contributed by atoms with Gasteiger partial charge in [0.05, 0.1) is 29.9 Å². The lowest BCUT2D eigenvalue weighted by Gasteiger charge is -2.25. The van der Waals surface area contributed by atoms with E-state index in [2.05, 4.69) is 4.90 Å². The summed E-state index contributed by atoms with van der Waals surface area (Å²) in [7, 11) is 0. The van der Waals surface area contributed by atoms with Crippen molar-refractivity contribution >= 4 is 11.7 Å². The van der Waals surface area contributed by atoms with E-state index >= 15 is 0 Å². The van der Waals surface area contributed by atoms with Crippen molar-refractivity contribution in [3.8, 4) is 0 Å². The normalized spacial score (nSPS) is 14.9. The number of carbonyl (C=O) groups excluding carboxylic acids is 1. The molecule has 0 spiro atoms. The summed E-state index contributed by atoms with van der Waals surface area (Å²) in [6.07, 6.45) is -7.96. The number of hydrogen-bond donors (Lipinski definition) is 0. The molecule has 10 heteroatoms. The van der Waals surface area contributed by atoms with Gasteiger partial charge >= 0.3 is 18.3 Å². The predicted octanol–water partition coefficient (Wildman–Crippen LogP) is 7.00. The summed E-state index contributed by atoms with van der Waals surface area (Å²) in [6, 6.07) is 6.43. The van der Waals surface area contributed by atoms with Crippen molar-refractivity contribution in [2.75, 3.05) is 18.0 Å². The molecule has 0 aromatic heterocycles. The van der Waals surface area contributed by atoms with Gasteiger partial charge in [-0.15, -0.1) is 0 Å². The van der Waals surface area contributed by atoms with Crippen molar-refractivity contribution in [1.82, 2.24) is 0 Å². The number of carbonyl (C=O) groups is 1. The van der Waals surface area contributed by atoms with E-state index < -0.39 is 41.7 Å². The van der Waals surface area contributed by atoms with E-state index in [1.54, 1.807) is 32.9 Å². The van der Waals surface area contributed by atoms with Crippen molar-refractivity contribution < 1.29 is 40.6 Å². The molecule has 0 atom stereocenters. The minimum absolute atomic E-state index is 0.0762. The van der Waals surface area contributed by atoms with Crippen LogP contribution in [0.4, 0.5) is 32.0 Å². The van der Waals surface area contributed by atoms with Crippen molar-refractivity contribution in [1.29, 1.82) is 0 Å². The highest BCUT2D eigenvalue weighted by molar-refractivity contribution is 5.93. The van der Waals surface area contributed by atoms with E-state index in [4.69, 9.17) is 9.47 Å². The lowest BCUT2D eigenvalue weighted by molar-refractivity contribution is -0.143. The van der Waals surface area contributed by atoms with Crippen molar-refractivity contribution in [2.24, 2.45) is 0 Å². The minimum Gasteiger partial charge on any atom is -0.456 e. The number of hydrogen-bond acceptors (Lipinski definition) is 4. The van der Waals surface area contributed by atoms with Gasteiger partial charge in [-0.3, -0.25) is 0 Å². The van der Waals surface area contributed by atoms with Crippen LogP contribution in [0.5, 0.6) is 0 Å². The minimum atomic E-state index is -4.94. The van der Waals surface area contributed by atoms with Gasteiger partial charge in [0.15, 0.2) is 0 Å². The molecule has 1 aliphatic rings. The Hall–Kier alpha value is -2.75. The van der Waals surface area contributed by atoms with Crippen LogP contribution in [0.3, 0.4) is 0 Å². The molecule has 0 saturated carbocycles. The SMILES string of the molecule is CC(C)(C)OC(=O)c1cccc(N2CCCC2)c1COCc1cc(C(F)(F)F)cc(C(F)(F)F)c1. The molecule has 35 heavy (non-hydrogen) atoms. The van der Waals surface area contributed by atoms with E-state index in [0.717, 1.165) is 31.6 Å². The second kappa shape index (κ2) is 10.1. The molecule has 0 radical (unpaired) electrons. The van der Waals surface area contributed by atoms with E-state index in [1.807, 2.05) is 6.07 Å². The average Bonchev–Trinajstić information content (AvgIpc) is 3.25. The van der Waals surface area contributed by atoms with Gasteiger partial charge in [0.2, 0.25) is 0 Å². The molecule has 0 unspecified atom stereocenters. The van der Waals surface area contributed by atoms with Crippen molar-refractivity contribution in [3.05, 3.63) is 64.2 Å². The summed E-state index contributed by atoms with van der Waals surface area (Å²) >= 11 is 0. The third-order valence-electron chi connectivity index (χ3n) is 5.38. The summed E-state index contributed by atoms with van der Waals surface area (Å²) < 4.78 is 90.0. The number of halogens is 6. The van der Waals surface area contributed by atoms with Crippen LogP contribution in [0.25, 0.3) is 0 Å². The third-order valence-corrected chi connectivity index (χ3v) is 5.38. The quantitative estimate of drug-likeness (QED) is 0.314. The molecule has 192 valence electrons. The molecule has 1 heterocycles. The Morgan fingerprint density at radius 2 is 1.46 bits per heavy atom. The molecule has 1 saturated heterocycles. The van der Waals surface area contributed by atoms with E-state index in [9.17, 15) is 31.1 Å². The first-order valence-corrected chi connectivity index (χ1v) is 11.1. The fraction of sp³-hybridized carbons (Fsp3) is 0.480. The maximum Gasteiger partial charge on any atom is 0.416 e. The zero-order valence-corrected chi connectivity index (χ0v) is 19.6. The molecular formula is C25H27F6NO3. The average molecular weight is 503 g/mol. The summed E-state index contributed by atoms with van der Waals surface area (Å²) in [4.78, 5) is 14.9. The highest BCUT2D eigenvalue weighted by atomic mass is 19.4. The van der Waals surface area contributed by atoms with Gasteiger partial charge in [0.1, 0.15) is 5.60 Å². The second-order valence-electron chi connectivity index (χ2n) is 9.41. The summed E-state index contributed by atoms with van der Waals surface area (Å²) in [5, 5.41) is 0. The highest BCUT2D eigenvalue weighted by Gasteiger charge is 2.37. The van der Waals surface area contributed by atoms with Crippen LogP contribution in [0, 0.1) is 0 Å². The van der Waals surface area contributed by atoms with Crippen molar-refractivity contribution in [3.63, 3.8) is 0 Å². The molecular weight excluding hydrogens is 476 g/mol. The first-order valence-electron chi connectivity index (χ1n) is 11.1. The topological polar surface area (TPSA) is 38.8 Å². The molecule has 1 fully saturated rings. The standard InChI is InChI=1S/C25H27F6NO3/c1-23(2,3)35-22(33)19-7-6-8-21(32-9-4-5-10-32)20(19)15-34-14-16-11-17(24(26,27)28)13-18(12-16)25(29,30)31/h6-8,11-13H,4-5,9-10,14-15H2,1-3H3. The zero-order chi connectivity index (χ0) is 26.0. The lowest BCUT2D eigenvalue weighted by Crippen LogP contribution is -2.26. The second-order valence-corrected chi connectivity index (χ2v) is 9.41. The fourth-order valence-corrected chi connectivity index (χ4v) is 3.88. The number of benzene rings is 2. The largest absolute Gasteiger partial charge is 0.456 e. The molecule has 0 aliphatic carbocycles. The Morgan fingerprint density at radius 3 is 1.97 bits per heavy atom. The molecule has 2 aromatic rings. The van der Waals surface area contributed by atoms with E-state index in [0.29, 0.717) is 17.7 Å². The van der Waals surface area contributed by atoms with E-state index in [1.165, 1.54) is 0 Å². The Balaban J connectivity index is 1.89. The first-order chi connectivity index (χ1) is 16.1. The predicted molar refractivity (Wildman–Crippen MR) is 118 cm³/mol. The third kappa shape index (κ3) is 7.13. The Labute approximate surface area is 199 Å². The number of nitrogens with zero attached hydrogens (tertiary/aromatic N) is 1. The first kappa shape index (κ1) is 26.8. The lowest BCUT2D eigenvalue weighted by atomic mass is 10.0. The van der Waals surface area contributed by atoms with Gasteiger partial charge in [-0.2, -0.15) is 26.3 Å². The molecule has 2 aromatic carbocycles. The number of anilines is 1. The Morgan fingerprint density at radius 1 is 0.886 bits per heavy atom. The van der Waals surface area contributed by atoms with Crippen LogP contribution in [0.15, 0.2) is 36.4 Å². The molecule has 1 aliphatic heterocycles. The van der Waals surface area contributed by atoms with Crippen molar-refractivity contribution in [2.45, 2.75) is 64.8 Å². The van der Waals surface area contributed by atoms with Crippen LogP contribution in [-0.2, 0) is 35.0 Å².